The molecule has 0 atom stereocenters. The Morgan fingerprint density at radius 3 is 2.74 bits per heavy atom. The second kappa shape index (κ2) is 6.16. The standard InChI is InChI=1S/C13H13IN2O3/c1-9-10(3-2-4-12(9)16(17)18)7-15-8-11-5-6-13(14)19-11/h2-6,15H,7-8H2,1H3. The summed E-state index contributed by atoms with van der Waals surface area (Å²) >= 11 is 2.11. The van der Waals surface area contributed by atoms with E-state index in [9.17, 15) is 10.1 Å². The van der Waals surface area contributed by atoms with Crippen LogP contribution < -0.4 is 5.32 Å². The number of benzene rings is 1. The molecule has 1 aromatic carbocycles. The van der Waals surface area contributed by atoms with Gasteiger partial charge < -0.3 is 9.73 Å². The molecule has 0 aliphatic rings. The summed E-state index contributed by atoms with van der Waals surface area (Å²) in [5.41, 5.74) is 1.79. The maximum absolute atomic E-state index is 10.8. The van der Waals surface area contributed by atoms with Gasteiger partial charge in [-0.25, -0.2) is 0 Å². The Balaban J connectivity index is 2.00. The fourth-order valence-corrected chi connectivity index (χ4v) is 2.29. The number of hydrogen-bond acceptors (Lipinski definition) is 4. The predicted molar refractivity (Wildman–Crippen MR) is 79.8 cm³/mol. The van der Waals surface area contributed by atoms with Gasteiger partial charge in [0.2, 0.25) is 0 Å². The summed E-state index contributed by atoms with van der Waals surface area (Å²) < 4.78 is 6.28. The summed E-state index contributed by atoms with van der Waals surface area (Å²) in [5, 5.41) is 14.1. The number of rotatable bonds is 5. The van der Waals surface area contributed by atoms with Gasteiger partial charge in [-0.3, -0.25) is 10.1 Å². The van der Waals surface area contributed by atoms with Crippen LogP contribution in [0.15, 0.2) is 34.7 Å². The first kappa shape index (κ1) is 14.0. The minimum absolute atomic E-state index is 0.159. The smallest absolute Gasteiger partial charge is 0.272 e. The quantitative estimate of drug-likeness (QED) is 0.496. The molecule has 1 N–H and O–H groups in total. The van der Waals surface area contributed by atoms with Crippen molar-refractivity contribution in [2.75, 3.05) is 0 Å². The van der Waals surface area contributed by atoms with Gasteiger partial charge in [0.25, 0.3) is 5.69 Å². The Kier molecular flexibility index (Phi) is 4.54. The Morgan fingerprint density at radius 2 is 2.11 bits per heavy atom. The van der Waals surface area contributed by atoms with E-state index in [1.54, 1.807) is 13.0 Å². The molecular formula is C13H13IN2O3. The van der Waals surface area contributed by atoms with Crippen LogP contribution in [-0.4, -0.2) is 4.92 Å². The summed E-state index contributed by atoms with van der Waals surface area (Å²) in [5.74, 6) is 0.854. The molecule has 0 bridgehead atoms. The lowest BCUT2D eigenvalue weighted by molar-refractivity contribution is -0.385. The van der Waals surface area contributed by atoms with Crippen LogP contribution in [-0.2, 0) is 13.1 Å². The molecule has 5 nitrogen and oxygen atoms in total. The largest absolute Gasteiger partial charge is 0.454 e. The van der Waals surface area contributed by atoms with Gasteiger partial charge in [0.05, 0.1) is 11.5 Å². The summed E-state index contributed by atoms with van der Waals surface area (Å²) in [4.78, 5) is 10.5. The molecule has 6 heteroatoms. The lowest BCUT2D eigenvalue weighted by atomic mass is 10.1. The molecule has 0 aliphatic heterocycles. The minimum Gasteiger partial charge on any atom is -0.454 e. The number of nitro benzene ring substituents is 1. The molecule has 0 unspecified atom stereocenters. The van der Waals surface area contributed by atoms with Crippen molar-refractivity contribution in [2.24, 2.45) is 0 Å². The highest BCUT2D eigenvalue weighted by Gasteiger charge is 2.12. The summed E-state index contributed by atoms with van der Waals surface area (Å²) in [6.07, 6.45) is 0. The monoisotopic (exact) mass is 372 g/mol. The normalized spacial score (nSPS) is 10.6. The molecule has 0 saturated carbocycles. The third-order valence-corrected chi connectivity index (χ3v) is 3.44. The Hall–Kier alpha value is -1.41. The maximum atomic E-state index is 10.8. The van der Waals surface area contributed by atoms with E-state index in [0.717, 1.165) is 15.1 Å². The van der Waals surface area contributed by atoms with Crippen molar-refractivity contribution < 1.29 is 9.34 Å². The van der Waals surface area contributed by atoms with Gasteiger partial charge in [-0.1, -0.05) is 12.1 Å². The number of halogens is 1. The number of hydrogen-bond donors (Lipinski definition) is 1. The minimum atomic E-state index is -0.353. The van der Waals surface area contributed by atoms with E-state index >= 15 is 0 Å². The Bertz CT molecular complexity index is 595. The van der Waals surface area contributed by atoms with Crippen LogP contribution in [0.5, 0.6) is 0 Å². The predicted octanol–water partition coefficient (Wildman–Crippen LogP) is 3.39. The average molecular weight is 372 g/mol. The molecule has 1 heterocycles. The molecule has 0 aliphatic carbocycles. The highest BCUT2D eigenvalue weighted by Crippen LogP contribution is 2.21. The molecule has 0 saturated heterocycles. The fraction of sp³-hybridized carbons (Fsp3) is 0.231. The molecule has 100 valence electrons. The van der Waals surface area contributed by atoms with Crippen LogP contribution in [0.25, 0.3) is 0 Å². The number of nitrogens with one attached hydrogen (secondary N) is 1. The lowest BCUT2D eigenvalue weighted by Crippen LogP contribution is -2.13. The molecule has 0 spiro atoms. The van der Waals surface area contributed by atoms with Gasteiger partial charge in [0.15, 0.2) is 3.77 Å². The van der Waals surface area contributed by atoms with Gasteiger partial charge >= 0.3 is 0 Å². The molecule has 1 aromatic heterocycles. The summed E-state index contributed by atoms with van der Waals surface area (Å²) in [6, 6.07) is 8.93. The molecule has 0 amide bonds. The van der Waals surface area contributed by atoms with Crippen molar-refractivity contribution in [3.63, 3.8) is 0 Å². The van der Waals surface area contributed by atoms with E-state index < -0.39 is 0 Å². The van der Waals surface area contributed by atoms with Crippen molar-refractivity contribution >= 4 is 28.3 Å². The molecule has 2 rings (SSSR count). The van der Waals surface area contributed by atoms with Gasteiger partial charge in [-0.2, -0.15) is 0 Å². The Morgan fingerprint density at radius 1 is 1.32 bits per heavy atom. The van der Waals surface area contributed by atoms with Gasteiger partial charge in [0.1, 0.15) is 5.76 Å². The second-order valence-corrected chi connectivity index (χ2v) is 5.19. The van der Waals surface area contributed by atoms with E-state index in [1.165, 1.54) is 6.07 Å². The third kappa shape index (κ3) is 3.54. The van der Waals surface area contributed by atoms with Crippen molar-refractivity contribution in [2.45, 2.75) is 20.0 Å². The average Bonchev–Trinajstić information content (AvgIpc) is 2.77. The maximum Gasteiger partial charge on any atom is 0.272 e. The molecule has 0 radical (unpaired) electrons. The van der Waals surface area contributed by atoms with Crippen molar-refractivity contribution in [3.05, 3.63) is 61.1 Å². The molecule has 2 aromatic rings. The number of nitro groups is 1. The van der Waals surface area contributed by atoms with Crippen LogP contribution >= 0.6 is 22.6 Å². The topological polar surface area (TPSA) is 68.3 Å². The highest BCUT2D eigenvalue weighted by molar-refractivity contribution is 14.1. The van der Waals surface area contributed by atoms with Gasteiger partial charge in [-0.05, 0) is 47.2 Å². The van der Waals surface area contributed by atoms with Crippen LogP contribution in [0.3, 0.4) is 0 Å². The zero-order valence-electron chi connectivity index (χ0n) is 10.4. The lowest BCUT2D eigenvalue weighted by Gasteiger charge is -2.07. The van der Waals surface area contributed by atoms with E-state index in [-0.39, 0.29) is 10.6 Å². The summed E-state index contributed by atoms with van der Waals surface area (Å²) in [7, 11) is 0. The zero-order chi connectivity index (χ0) is 13.8. The van der Waals surface area contributed by atoms with E-state index in [0.29, 0.717) is 18.7 Å². The van der Waals surface area contributed by atoms with Gasteiger partial charge in [-0.15, -0.1) is 0 Å². The van der Waals surface area contributed by atoms with E-state index in [1.807, 2.05) is 18.2 Å². The molecule has 19 heavy (non-hydrogen) atoms. The fourth-order valence-electron chi connectivity index (χ4n) is 1.83. The summed E-state index contributed by atoms with van der Waals surface area (Å²) in [6.45, 7) is 2.95. The first-order valence-corrected chi connectivity index (χ1v) is 6.83. The van der Waals surface area contributed by atoms with Crippen molar-refractivity contribution in [3.8, 4) is 0 Å². The SMILES string of the molecule is Cc1c(CNCc2ccc(I)o2)cccc1[N+](=O)[O-]. The first-order valence-electron chi connectivity index (χ1n) is 5.75. The first-order chi connectivity index (χ1) is 9.08. The van der Waals surface area contributed by atoms with Crippen LogP contribution in [0.4, 0.5) is 5.69 Å². The molecule has 0 fully saturated rings. The zero-order valence-corrected chi connectivity index (χ0v) is 12.5. The van der Waals surface area contributed by atoms with Crippen molar-refractivity contribution in [1.29, 1.82) is 0 Å². The Labute approximate surface area is 124 Å². The van der Waals surface area contributed by atoms with E-state index in [2.05, 4.69) is 27.9 Å². The van der Waals surface area contributed by atoms with Gasteiger partial charge in [0, 0.05) is 18.2 Å². The highest BCUT2D eigenvalue weighted by atomic mass is 127. The van der Waals surface area contributed by atoms with Crippen molar-refractivity contribution in [1.82, 2.24) is 5.32 Å². The third-order valence-electron chi connectivity index (χ3n) is 2.86. The van der Waals surface area contributed by atoms with Crippen LogP contribution in [0, 0.1) is 20.8 Å². The number of furan rings is 1. The van der Waals surface area contributed by atoms with Crippen LogP contribution in [0.2, 0.25) is 0 Å². The number of nitrogens with zero attached hydrogens (tertiary/aromatic N) is 1. The van der Waals surface area contributed by atoms with Crippen LogP contribution in [0.1, 0.15) is 16.9 Å². The second-order valence-electron chi connectivity index (χ2n) is 4.13. The molecular weight excluding hydrogens is 359 g/mol. The van der Waals surface area contributed by atoms with E-state index in [4.69, 9.17) is 4.42 Å².